The number of nitrogens with zero attached hydrogens (tertiary/aromatic N) is 4. The van der Waals surface area contributed by atoms with Crippen molar-refractivity contribution in [3.63, 3.8) is 0 Å². The van der Waals surface area contributed by atoms with E-state index in [0.29, 0.717) is 21.2 Å². The zero-order valence-electron chi connectivity index (χ0n) is 21.2. The smallest absolute Gasteiger partial charge is 0.348 e. The van der Waals surface area contributed by atoms with Gasteiger partial charge in [0.25, 0.3) is 5.91 Å². The van der Waals surface area contributed by atoms with Gasteiger partial charge in [-0.3, -0.25) is 14.8 Å². The van der Waals surface area contributed by atoms with E-state index >= 15 is 0 Å². The number of aromatic amines is 1. The van der Waals surface area contributed by atoms with Gasteiger partial charge in [0, 0.05) is 42.1 Å². The molecule has 11 heteroatoms. The summed E-state index contributed by atoms with van der Waals surface area (Å²) in [5, 5.41) is 8.30. The van der Waals surface area contributed by atoms with E-state index in [-0.39, 0.29) is 22.5 Å². The Morgan fingerprint density at radius 1 is 1.08 bits per heavy atom. The molecule has 0 unspecified atom stereocenters. The van der Waals surface area contributed by atoms with Gasteiger partial charge in [-0.1, -0.05) is 23.7 Å². The molecule has 1 amide bonds. The van der Waals surface area contributed by atoms with Crippen LogP contribution in [0.1, 0.15) is 37.5 Å². The third-order valence-corrected chi connectivity index (χ3v) is 8.28. The first kappa shape index (κ1) is 26.8. The molecule has 200 valence electrons. The van der Waals surface area contributed by atoms with E-state index in [1.165, 1.54) is 23.9 Å². The highest BCUT2D eigenvalue weighted by Crippen LogP contribution is 2.41. The van der Waals surface area contributed by atoms with Crippen LogP contribution in [0.25, 0.3) is 16.5 Å². The van der Waals surface area contributed by atoms with Crippen LogP contribution < -0.4 is 0 Å². The summed E-state index contributed by atoms with van der Waals surface area (Å²) < 4.78 is 41.8. The number of carbonyl (C=O) groups excluding carboxylic acids is 1. The molecule has 0 aliphatic carbocycles. The predicted molar refractivity (Wildman–Crippen MR) is 146 cm³/mol. The largest absolute Gasteiger partial charge is 0.416 e. The standard InChI is InChI=1S/C27H27ClF3N5OS/c1-26(2,3)36-10-8-35(9-11-36)25-33-24(37)23(38-25)20(16-5-7-22-18(12-16)15-32-34-22)13-17-4-6-19(28)14-21(17)27(29,30)31/h4-7,12,14-15H,8-11,13H2,1-3H3,(H,32,34). The molecule has 38 heavy (non-hydrogen) atoms. The molecule has 1 fully saturated rings. The van der Waals surface area contributed by atoms with Crippen molar-refractivity contribution in [1.29, 1.82) is 0 Å². The van der Waals surface area contributed by atoms with E-state index in [1.807, 2.05) is 12.1 Å². The zero-order chi connectivity index (χ0) is 27.2. The fourth-order valence-electron chi connectivity index (χ4n) is 4.79. The van der Waals surface area contributed by atoms with Crippen molar-refractivity contribution >= 4 is 50.9 Å². The van der Waals surface area contributed by atoms with Crippen LogP contribution in [0.4, 0.5) is 13.2 Å². The van der Waals surface area contributed by atoms with Crippen LogP contribution in [-0.2, 0) is 17.4 Å². The van der Waals surface area contributed by atoms with Crippen molar-refractivity contribution < 1.29 is 18.0 Å². The number of H-pyrrole nitrogens is 1. The Balaban J connectivity index is 1.52. The van der Waals surface area contributed by atoms with Crippen LogP contribution in [0.3, 0.4) is 0 Å². The number of hydrogen-bond acceptors (Lipinski definition) is 5. The number of fused-ring (bicyclic) bond motifs is 1. The lowest BCUT2D eigenvalue weighted by molar-refractivity contribution is -0.138. The Morgan fingerprint density at radius 2 is 1.82 bits per heavy atom. The number of aromatic nitrogens is 2. The molecule has 2 aliphatic heterocycles. The van der Waals surface area contributed by atoms with Gasteiger partial charge in [0.1, 0.15) is 0 Å². The number of alkyl halides is 3. The number of rotatable bonds is 3. The van der Waals surface area contributed by atoms with E-state index in [1.54, 1.807) is 12.3 Å². The summed E-state index contributed by atoms with van der Waals surface area (Å²) in [6.45, 7) is 9.61. The van der Waals surface area contributed by atoms with Gasteiger partial charge in [-0.15, -0.1) is 0 Å². The first-order valence-electron chi connectivity index (χ1n) is 12.2. The molecule has 0 saturated carbocycles. The minimum Gasteiger partial charge on any atom is -0.348 e. The maximum absolute atomic E-state index is 13.9. The van der Waals surface area contributed by atoms with Crippen molar-refractivity contribution in [3.8, 4) is 0 Å². The van der Waals surface area contributed by atoms with Gasteiger partial charge in [0.05, 0.1) is 22.2 Å². The number of halogens is 4. The summed E-state index contributed by atoms with van der Waals surface area (Å²) in [6, 6.07) is 9.17. The molecule has 3 heterocycles. The Kier molecular flexibility index (Phi) is 7.08. The topological polar surface area (TPSA) is 64.6 Å². The molecule has 6 nitrogen and oxygen atoms in total. The van der Waals surface area contributed by atoms with Gasteiger partial charge in [-0.05, 0) is 79.9 Å². The lowest BCUT2D eigenvalue weighted by Gasteiger charge is -2.42. The number of piperazine rings is 1. The van der Waals surface area contributed by atoms with Crippen LogP contribution >= 0.6 is 23.4 Å². The molecule has 2 aliphatic rings. The van der Waals surface area contributed by atoms with Crippen LogP contribution in [0.5, 0.6) is 0 Å². The van der Waals surface area contributed by atoms with Crippen molar-refractivity contribution in [1.82, 2.24) is 20.0 Å². The molecule has 3 aromatic rings. The van der Waals surface area contributed by atoms with E-state index in [0.717, 1.165) is 43.1 Å². The summed E-state index contributed by atoms with van der Waals surface area (Å²) in [6.07, 6.45) is -3.05. The number of aliphatic imine (C=N–C) groups is 1. The summed E-state index contributed by atoms with van der Waals surface area (Å²) in [5.74, 6) is -0.437. The first-order valence-corrected chi connectivity index (χ1v) is 13.4. The van der Waals surface area contributed by atoms with E-state index in [4.69, 9.17) is 11.6 Å². The number of amides is 1. The number of allylic oxidation sites excluding steroid dienone is 1. The molecule has 2 aromatic carbocycles. The molecule has 0 spiro atoms. The molecule has 0 radical (unpaired) electrons. The fourth-order valence-corrected chi connectivity index (χ4v) is 6.03. The molecular formula is C27H27ClF3N5OS. The number of thioether (sulfide) groups is 1. The third kappa shape index (κ3) is 5.48. The summed E-state index contributed by atoms with van der Waals surface area (Å²) in [4.78, 5) is 22.4. The highest BCUT2D eigenvalue weighted by atomic mass is 35.5. The number of hydrogen-bond donors (Lipinski definition) is 1. The quantitative estimate of drug-likeness (QED) is 0.384. The second-order valence-corrected chi connectivity index (χ2v) is 11.8. The molecule has 1 aromatic heterocycles. The predicted octanol–water partition coefficient (Wildman–Crippen LogP) is 6.23. The normalized spacial score (nSPS) is 18.9. The lowest BCUT2D eigenvalue weighted by Crippen LogP contribution is -2.54. The second kappa shape index (κ2) is 10.1. The summed E-state index contributed by atoms with van der Waals surface area (Å²) >= 11 is 7.15. The first-order chi connectivity index (χ1) is 17.9. The van der Waals surface area contributed by atoms with Crippen LogP contribution in [0.15, 0.2) is 52.5 Å². The highest BCUT2D eigenvalue weighted by molar-refractivity contribution is 8.18. The average molecular weight is 562 g/mol. The zero-order valence-corrected chi connectivity index (χ0v) is 22.8. The highest BCUT2D eigenvalue weighted by Gasteiger charge is 2.36. The molecule has 0 atom stereocenters. The van der Waals surface area contributed by atoms with Crippen LogP contribution in [-0.4, -0.2) is 62.8 Å². The van der Waals surface area contributed by atoms with Crippen molar-refractivity contribution in [2.45, 2.75) is 38.9 Å². The van der Waals surface area contributed by atoms with E-state index in [2.05, 4.69) is 45.8 Å². The van der Waals surface area contributed by atoms with E-state index in [9.17, 15) is 18.0 Å². The van der Waals surface area contributed by atoms with Gasteiger partial charge in [-0.25, -0.2) is 0 Å². The van der Waals surface area contributed by atoms with Crippen molar-refractivity contribution in [2.75, 3.05) is 26.2 Å². The maximum Gasteiger partial charge on any atom is 0.416 e. The molecule has 5 rings (SSSR count). The Hall–Kier alpha value is -2.82. The Labute approximate surface area is 227 Å². The molecule has 1 N–H and O–H groups in total. The average Bonchev–Trinajstić information content (AvgIpc) is 3.48. The van der Waals surface area contributed by atoms with Gasteiger partial charge in [0.2, 0.25) is 0 Å². The van der Waals surface area contributed by atoms with Gasteiger partial charge >= 0.3 is 6.18 Å². The molecule has 0 bridgehead atoms. The number of nitrogens with one attached hydrogen (secondary N) is 1. The number of benzene rings is 2. The fraction of sp³-hybridized carbons (Fsp3) is 0.370. The van der Waals surface area contributed by atoms with Gasteiger partial charge < -0.3 is 4.90 Å². The summed E-state index contributed by atoms with van der Waals surface area (Å²) in [7, 11) is 0. The Bertz CT molecular complexity index is 1450. The monoisotopic (exact) mass is 561 g/mol. The van der Waals surface area contributed by atoms with Crippen LogP contribution in [0, 0.1) is 0 Å². The molecule has 1 saturated heterocycles. The van der Waals surface area contributed by atoms with Crippen molar-refractivity contribution in [2.24, 2.45) is 4.99 Å². The lowest BCUT2D eigenvalue weighted by atomic mass is 9.93. The van der Waals surface area contributed by atoms with E-state index < -0.39 is 17.6 Å². The number of amidine groups is 1. The second-order valence-electron chi connectivity index (χ2n) is 10.4. The third-order valence-electron chi connectivity index (χ3n) is 6.89. The minimum absolute atomic E-state index is 0.00133. The number of carbonyl (C=O) groups is 1. The summed E-state index contributed by atoms with van der Waals surface area (Å²) in [5.41, 5.74) is 1.19. The Morgan fingerprint density at radius 3 is 2.50 bits per heavy atom. The minimum atomic E-state index is -4.59. The van der Waals surface area contributed by atoms with Crippen LogP contribution in [0.2, 0.25) is 5.02 Å². The van der Waals surface area contributed by atoms with Crippen molar-refractivity contribution in [3.05, 3.63) is 69.2 Å². The van der Waals surface area contributed by atoms with Gasteiger partial charge in [0.15, 0.2) is 5.17 Å². The van der Waals surface area contributed by atoms with Gasteiger partial charge in [-0.2, -0.15) is 23.3 Å². The molecular weight excluding hydrogens is 535 g/mol. The maximum atomic E-state index is 13.9. The SMILES string of the molecule is CC(C)(C)N1CCN(C2=NC(=O)C(=C(Cc3ccc(Cl)cc3C(F)(F)F)c3ccc4[nH]ncc4c3)S2)CC1.